The number of allylic oxidation sites excluding steroid dienone is 6. The van der Waals surface area contributed by atoms with Crippen LogP contribution in [0.25, 0.3) is 0 Å². The molecule has 0 aromatic rings. The minimum absolute atomic E-state index is 0.313. The molecule has 0 spiro atoms. The van der Waals surface area contributed by atoms with Crippen LogP contribution in [0.2, 0.25) is 0 Å². The summed E-state index contributed by atoms with van der Waals surface area (Å²) in [7, 11) is 0. The van der Waals surface area contributed by atoms with Crippen LogP contribution in [0.3, 0.4) is 0 Å². The predicted octanol–water partition coefficient (Wildman–Crippen LogP) is 6.05. The molecule has 0 rings (SSSR count). The van der Waals surface area contributed by atoms with E-state index in [9.17, 15) is 4.79 Å². The largest absolute Gasteiger partial charge is 0.481 e. The third-order valence-corrected chi connectivity index (χ3v) is 3.28. The number of aliphatic carboxylic acids is 1. The van der Waals surface area contributed by atoms with Crippen LogP contribution in [0.4, 0.5) is 0 Å². The van der Waals surface area contributed by atoms with Crippen molar-refractivity contribution in [3.05, 3.63) is 36.5 Å². The molecule has 0 atom stereocenters. The van der Waals surface area contributed by atoms with Crippen molar-refractivity contribution in [3.63, 3.8) is 0 Å². The second-order valence-corrected chi connectivity index (χ2v) is 5.37. The zero-order valence-corrected chi connectivity index (χ0v) is 13.6. The molecule has 0 amide bonds. The summed E-state index contributed by atoms with van der Waals surface area (Å²) in [4.78, 5) is 10.3. The van der Waals surface area contributed by atoms with Crippen molar-refractivity contribution >= 4 is 5.97 Å². The van der Waals surface area contributed by atoms with E-state index in [2.05, 4.69) is 43.4 Å². The summed E-state index contributed by atoms with van der Waals surface area (Å²) in [5, 5.41) is 8.51. The van der Waals surface area contributed by atoms with Crippen LogP contribution in [0.5, 0.6) is 0 Å². The van der Waals surface area contributed by atoms with E-state index in [4.69, 9.17) is 5.11 Å². The lowest BCUT2D eigenvalue weighted by molar-refractivity contribution is -0.137. The summed E-state index contributed by atoms with van der Waals surface area (Å²) >= 11 is 0. The Balaban J connectivity index is 3.28. The summed E-state index contributed by atoms with van der Waals surface area (Å²) in [6.07, 6.45) is 24.8. The van der Waals surface area contributed by atoms with Crippen molar-refractivity contribution in [2.24, 2.45) is 0 Å². The van der Waals surface area contributed by atoms with Crippen molar-refractivity contribution in [1.82, 2.24) is 0 Å². The first-order valence-corrected chi connectivity index (χ1v) is 8.44. The van der Waals surface area contributed by atoms with Gasteiger partial charge in [0.2, 0.25) is 0 Å². The van der Waals surface area contributed by atoms with E-state index in [0.717, 1.165) is 38.5 Å². The Morgan fingerprint density at radius 3 is 1.86 bits per heavy atom. The Labute approximate surface area is 130 Å². The third-order valence-electron chi connectivity index (χ3n) is 3.28. The first-order chi connectivity index (χ1) is 10.3. The Bertz CT molecular complexity index is 314. The standard InChI is InChI=1S/C19H32O2/c1-2-3-4-5-6-7-8-9-10-11-12-13-14-15-16-17-18-19(20)21/h5-6,8-9,11-12H,2-4,7,10,13-18H2,1H3,(H,20,21)/b6-5?,9-8?,12-11-. The fraction of sp³-hybridized carbons (Fsp3) is 0.632. The van der Waals surface area contributed by atoms with Crippen LogP contribution in [0.15, 0.2) is 36.5 Å². The maximum Gasteiger partial charge on any atom is 0.303 e. The van der Waals surface area contributed by atoms with Gasteiger partial charge in [-0.15, -0.1) is 0 Å². The van der Waals surface area contributed by atoms with E-state index in [1.165, 1.54) is 25.7 Å². The number of carboxylic acids is 1. The molecular weight excluding hydrogens is 260 g/mol. The van der Waals surface area contributed by atoms with Crippen molar-refractivity contribution in [3.8, 4) is 0 Å². The molecule has 0 aliphatic rings. The highest BCUT2D eigenvalue weighted by Crippen LogP contribution is 2.06. The second kappa shape index (κ2) is 16.7. The monoisotopic (exact) mass is 292 g/mol. The van der Waals surface area contributed by atoms with Crippen molar-refractivity contribution in [2.45, 2.75) is 77.6 Å². The minimum Gasteiger partial charge on any atom is -0.481 e. The molecule has 0 radical (unpaired) electrons. The van der Waals surface area contributed by atoms with Gasteiger partial charge >= 0.3 is 5.97 Å². The van der Waals surface area contributed by atoms with E-state index in [-0.39, 0.29) is 0 Å². The fourth-order valence-electron chi connectivity index (χ4n) is 1.99. The average molecular weight is 292 g/mol. The number of hydrogen-bond donors (Lipinski definition) is 1. The summed E-state index contributed by atoms with van der Waals surface area (Å²) < 4.78 is 0. The molecule has 0 bridgehead atoms. The Morgan fingerprint density at radius 2 is 1.29 bits per heavy atom. The summed E-state index contributed by atoms with van der Waals surface area (Å²) in [6, 6.07) is 0. The molecule has 0 unspecified atom stereocenters. The highest BCUT2D eigenvalue weighted by molar-refractivity contribution is 5.66. The van der Waals surface area contributed by atoms with Gasteiger partial charge in [-0.25, -0.2) is 0 Å². The number of carbonyl (C=O) groups is 1. The van der Waals surface area contributed by atoms with Crippen molar-refractivity contribution in [2.75, 3.05) is 0 Å². The first-order valence-electron chi connectivity index (χ1n) is 8.44. The lowest BCUT2D eigenvalue weighted by Crippen LogP contribution is -1.93. The molecule has 0 aliphatic carbocycles. The maximum absolute atomic E-state index is 10.3. The van der Waals surface area contributed by atoms with E-state index in [1.54, 1.807) is 0 Å². The highest BCUT2D eigenvalue weighted by atomic mass is 16.4. The van der Waals surface area contributed by atoms with E-state index < -0.39 is 5.97 Å². The van der Waals surface area contributed by atoms with Crippen LogP contribution in [-0.4, -0.2) is 11.1 Å². The summed E-state index contributed by atoms with van der Waals surface area (Å²) in [5.74, 6) is -0.679. The number of rotatable bonds is 14. The van der Waals surface area contributed by atoms with Crippen LogP contribution < -0.4 is 0 Å². The van der Waals surface area contributed by atoms with Crippen molar-refractivity contribution in [1.29, 1.82) is 0 Å². The number of unbranched alkanes of at least 4 members (excludes halogenated alkanes) is 6. The van der Waals surface area contributed by atoms with Crippen molar-refractivity contribution < 1.29 is 9.90 Å². The molecule has 21 heavy (non-hydrogen) atoms. The van der Waals surface area contributed by atoms with Crippen LogP contribution in [-0.2, 0) is 4.79 Å². The van der Waals surface area contributed by atoms with Crippen LogP contribution in [0, 0.1) is 0 Å². The summed E-state index contributed by atoms with van der Waals surface area (Å²) in [6.45, 7) is 2.22. The van der Waals surface area contributed by atoms with Crippen LogP contribution >= 0.6 is 0 Å². The van der Waals surface area contributed by atoms with Gasteiger partial charge in [0, 0.05) is 6.42 Å². The van der Waals surface area contributed by atoms with E-state index in [1.807, 2.05) is 0 Å². The zero-order chi connectivity index (χ0) is 15.6. The Morgan fingerprint density at radius 1 is 0.762 bits per heavy atom. The topological polar surface area (TPSA) is 37.3 Å². The predicted molar refractivity (Wildman–Crippen MR) is 91.5 cm³/mol. The van der Waals surface area contributed by atoms with Gasteiger partial charge in [0.15, 0.2) is 0 Å². The molecule has 2 nitrogen and oxygen atoms in total. The minimum atomic E-state index is -0.679. The Kier molecular flexibility index (Phi) is 15.7. The molecule has 120 valence electrons. The number of carboxylic acid groups (broad SMARTS) is 1. The van der Waals surface area contributed by atoms with Gasteiger partial charge in [-0.2, -0.15) is 0 Å². The molecule has 2 heteroatoms. The fourth-order valence-corrected chi connectivity index (χ4v) is 1.99. The quantitative estimate of drug-likeness (QED) is 0.312. The van der Waals surface area contributed by atoms with Gasteiger partial charge in [0.05, 0.1) is 0 Å². The molecule has 0 saturated carbocycles. The Hall–Kier alpha value is -1.31. The highest BCUT2D eigenvalue weighted by Gasteiger charge is 1.95. The third kappa shape index (κ3) is 18.7. The number of hydrogen-bond acceptors (Lipinski definition) is 1. The molecule has 0 aromatic heterocycles. The SMILES string of the molecule is CCCCC=CCC=CC/C=C\CCCCCCC(=O)O. The molecule has 0 fully saturated rings. The van der Waals surface area contributed by atoms with Gasteiger partial charge in [-0.3, -0.25) is 4.79 Å². The molecule has 0 aliphatic heterocycles. The van der Waals surface area contributed by atoms with Gasteiger partial charge in [0.25, 0.3) is 0 Å². The molecule has 1 N–H and O–H groups in total. The molecule has 0 saturated heterocycles. The van der Waals surface area contributed by atoms with Gasteiger partial charge in [-0.05, 0) is 38.5 Å². The zero-order valence-electron chi connectivity index (χ0n) is 13.6. The molecular formula is C19H32O2. The summed E-state index contributed by atoms with van der Waals surface area (Å²) in [5.41, 5.74) is 0. The van der Waals surface area contributed by atoms with Gasteiger partial charge in [-0.1, -0.05) is 69.1 Å². The molecule has 0 heterocycles. The normalized spacial score (nSPS) is 12.0. The lowest BCUT2D eigenvalue weighted by Gasteiger charge is -1.96. The van der Waals surface area contributed by atoms with Gasteiger partial charge < -0.3 is 5.11 Å². The maximum atomic E-state index is 10.3. The average Bonchev–Trinajstić information content (AvgIpc) is 2.46. The van der Waals surface area contributed by atoms with Crippen LogP contribution in [0.1, 0.15) is 77.6 Å². The van der Waals surface area contributed by atoms with E-state index in [0.29, 0.717) is 6.42 Å². The smallest absolute Gasteiger partial charge is 0.303 e. The van der Waals surface area contributed by atoms with Gasteiger partial charge in [0.1, 0.15) is 0 Å². The first kappa shape index (κ1) is 19.7. The second-order valence-electron chi connectivity index (χ2n) is 5.37. The van der Waals surface area contributed by atoms with E-state index >= 15 is 0 Å². The molecule has 0 aromatic carbocycles. The lowest BCUT2D eigenvalue weighted by atomic mass is 10.1.